The summed E-state index contributed by atoms with van der Waals surface area (Å²) in [6.07, 6.45) is 0.925. The number of hydrogen-bond acceptors (Lipinski definition) is 2. The molecule has 1 heterocycles. The highest BCUT2D eigenvalue weighted by molar-refractivity contribution is 5.79. The predicted octanol–water partition coefficient (Wildman–Crippen LogP) is 3.94. The fourth-order valence-electron chi connectivity index (χ4n) is 2.05. The molecule has 1 aromatic heterocycles. The van der Waals surface area contributed by atoms with Crippen molar-refractivity contribution in [1.29, 1.82) is 0 Å². The average Bonchev–Trinajstić information content (AvgIpc) is 2.75. The van der Waals surface area contributed by atoms with E-state index in [2.05, 4.69) is 19.2 Å². The number of benzene rings is 1. The predicted molar refractivity (Wildman–Crippen MR) is 67.6 cm³/mol. The number of nitrogens with one attached hydrogen (secondary N) is 1. The molecule has 1 N–H and O–H groups in total. The molecular formula is C14H18FNO. The van der Waals surface area contributed by atoms with Crippen LogP contribution in [0.25, 0.3) is 11.0 Å². The maximum atomic E-state index is 13.9. The largest absolute Gasteiger partial charge is 0.456 e. The number of aryl methyl sites for hydroxylation is 1. The minimum Gasteiger partial charge on any atom is -0.456 e. The van der Waals surface area contributed by atoms with Crippen molar-refractivity contribution in [2.75, 3.05) is 6.54 Å². The third kappa shape index (κ3) is 2.20. The van der Waals surface area contributed by atoms with Crippen LogP contribution in [0.2, 0.25) is 0 Å². The molecule has 2 aromatic rings. The van der Waals surface area contributed by atoms with Crippen molar-refractivity contribution in [3.05, 3.63) is 35.3 Å². The molecule has 1 atom stereocenters. The molecule has 0 aliphatic rings. The smallest absolute Gasteiger partial charge is 0.170 e. The minimum absolute atomic E-state index is 0.159. The molecule has 1 unspecified atom stereocenters. The standard InChI is InChI=1S/C14H18FNO/c1-4-11(16-5-2)12-8-10-7-6-9(3)13(15)14(10)17-12/h6-8,11,16H,4-5H2,1-3H3. The Morgan fingerprint density at radius 3 is 2.76 bits per heavy atom. The number of hydrogen-bond donors (Lipinski definition) is 1. The first-order valence-corrected chi connectivity index (χ1v) is 6.09. The molecule has 17 heavy (non-hydrogen) atoms. The lowest BCUT2D eigenvalue weighted by Gasteiger charge is -2.11. The van der Waals surface area contributed by atoms with Crippen molar-refractivity contribution in [2.24, 2.45) is 0 Å². The summed E-state index contributed by atoms with van der Waals surface area (Å²) >= 11 is 0. The van der Waals surface area contributed by atoms with Crippen LogP contribution in [0, 0.1) is 12.7 Å². The Labute approximate surface area is 101 Å². The lowest BCUT2D eigenvalue weighted by atomic mass is 10.1. The van der Waals surface area contributed by atoms with Crippen molar-refractivity contribution < 1.29 is 8.81 Å². The van der Waals surface area contributed by atoms with Gasteiger partial charge in [-0.05, 0) is 31.5 Å². The van der Waals surface area contributed by atoms with Crippen LogP contribution < -0.4 is 5.32 Å². The molecule has 0 spiro atoms. The SMILES string of the molecule is CCNC(CC)c1cc2ccc(C)c(F)c2o1. The van der Waals surface area contributed by atoms with Crippen molar-refractivity contribution in [3.8, 4) is 0 Å². The van der Waals surface area contributed by atoms with E-state index in [9.17, 15) is 4.39 Å². The molecule has 92 valence electrons. The average molecular weight is 235 g/mol. The molecular weight excluding hydrogens is 217 g/mol. The summed E-state index contributed by atoms with van der Waals surface area (Å²) < 4.78 is 19.5. The quantitative estimate of drug-likeness (QED) is 0.868. The summed E-state index contributed by atoms with van der Waals surface area (Å²) in [5.41, 5.74) is 0.992. The van der Waals surface area contributed by atoms with Gasteiger partial charge >= 0.3 is 0 Å². The molecule has 0 fully saturated rings. The molecule has 1 aromatic carbocycles. The highest BCUT2D eigenvalue weighted by Gasteiger charge is 2.16. The number of fused-ring (bicyclic) bond motifs is 1. The Kier molecular flexibility index (Phi) is 3.48. The van der Waals surface area contributed by atoms with Crippen molar-refractivity contribution in [1.82, 2.24) is 5.32 Å². The third-order valence-electron chi connectivity index (χ3n) is 3.04. The van der Waals surface area contributed by atoms with Gasteiger partial charge in [-0.25, -0.2) is 4.39 Å². The second-order valence-electron chi connectivity index (χ2n) is 4.28. The van der Waals surface area contributed by atoms with Crippen molar-refractivity contribution >= 4 is 11.0 Å². The van der Waals surface area contributed by atoms with Crippen LogP contribution in [-0.4, -0.2) is 6.54 Å². The summed E-state index contributed by atoms with van der Waals surface area (Å²) in [6, 6.07) is 5.77. The fraction of sp³-hybridized carbons (Fsp3) is 0.429. The second-order valence-corrected chi connectivity index (χ2v) is 4.28. The highest BCUT2D eigenvalue weighted by Crippen LogP contribution is 2.28. The van der Waals surface area contributed by atoms with E-state index in [4.69, 9.17) is 4.42 Å². The molecule has 0 saturated heterocycles. The highest BCUT2D eigenvalue weighted by atomic mass is 19.1. The zero-order valence-corrected chi connectivity index (χ0v) is 10.5. The van der Waals surface area contributed by atoms with E-state index in [0.717, 1.165) is 24.1 Å². The first kappa shape index (κ1) is 12.1. The molecule has 0 aliphatic heterocycles. The molecule has 0 bridgehead atoms. The van der Waals surface area contributed by atoms with Gasteiger partial charge in [-0.3, -0.25) is 0 Å². The number of halogens is 1. The van der Waals surface area contributed by atoms with E-state index < -0.39 is 0 Å². The van der Waals surface area contributed by atoms with Crippen LogP contribution in [0.3, 0.4) is 0 Å². The van der Waals surface area contributed by atoms with Gasteiger partial charge in [-0.1, -0.05) is 26.0 Å². The van der Waals surface area contributed by atoms with Crippen LogP contribution in [0.15, 0.2) is 22.6 Å². The number of rotatable bonds is 4. The monoisotopic (exact) mass is 235 g/mol. The van der Waals surface area contributed by atoms with Crippen LogP contribution in [0.4, 0.5) is 4.39 Å². The van der Waals surface area contributed by atoms with Gasteiger partial charge in [0.1, 0.15) is 5.76 Å². The number of furan rings is 1. The van der Waals surface area contributed by atoms with E-state index >= 15 is 0 Å². The van der Waals surface area contributed by atoms with Crippen LogP contribution >= 0.6 is 0 Å². The van der Waals surface area contributed by atoms with Gasteiger partial charge in [0.05, 0.1) is 6.04 Å². The van der Waals surface area contributed by atoms with Gasteiger partial charge < -0.3 is 9.73 Å². The van der Waals surface area contributed by atoms with Crippen molar-refractivity contribution in [3.63, 3.8) is 0 Å². The second kappa shape index (κ2) is 4.88. The van der Waals surface area contributed by atoms with Gasteiger partial charge in [-0.15, -0.1) is 0 Å². The summed E-state index contributed by atoms with van der Waals surface area (Å²) in [5.74, 6) is 0.564. The minimum atomic E-state index is -0.250. The molecule has 3 heteroatoms. The molecule has 2 nitrogen and oxygen atoms in total. The molecule has 0 amide bonds. The van der Waals surface area contributed by atoms with Gasteiger partial charge in [0.15, 0.2) is 11.4 Å². The maximum absolute atomic E-state index is 13.9. The Morgan fingerprint density at radius 1 is 1.35 bits per heavy atom. The van der Waals surface area contributed by atoms with Crippen LogP contribution in [0.1, 0.15) is 37.6 Å². The van der Waals surface area contributed by atoms with Gasteiger partial charge in [0, 0.05) is 5.39 Å². The van der Waals surface area contributed by atoms with E-state index in [1.54, 1.807) is 13.0 Å². The first-order valence-electron chi connectivity index (χ1n) is 6.09. The van der Waals surface area contributed by atoms with Gasteiger partial charge in [-0.2, -0.15) is 0 Å². The van der Waals surface area contributed by atoms with E-state index in [1.807, 2.05) is 12.1 Å². The third-order valence-corrected chi connectivity index (χ3v) is 3.04. The zero-order chi connectivity index (χ0) is 12.4. The van der Waals surface area contributed by atoms with Crippen LogP contribution in [-0.2, 0) is 0 Å². The fourth-order valence-corrected chi connectivity index (χ4v) is 2.05. The molecule has 2 rings (SSSR count). The molecule has 0 radical (unpaired) electrons. The maximum Gasteiger partial charge on any atom is 0.170 e. The normalized spacial score (nSPS) is 13.2. The molecule has 0 aliphatic carbocycles. The van der Waals surface area contributed by atoms with E-state index in [-0.39, 0.29) is 11.9 Å². The Balaban J connectivity index is 2.47. The summed E-state index contributed by atoms with van der Waals surface area (Å²) in [7, 11) is 0. The topological polar surface area (TPSA) is 25.2 Å². The first-order chi connectivity index (χ1) is 8.17. The Bertz CT molecular complexity index is 518. The Hall–Kier alpha value is -1.35. The molecule has 0 saturated carbocycles. The van der Waals surface area contributed by atoms with E-state index in [0.29, 0.717) is 11.1 Å². The lowest BCUT2D eigenvalue weighted by molar-refractivity contribution is 0.421. The van der Waals surface area contributed by atoms with Crippen molar-refractivity contribution in [2.45, 2.75) is 33.2 Å². The summed E-state index contributed by atoms with van der Waals surface area (Å²) in [4.78, 5) is 0. The van der Waals surface area contributed by atoms with Crippen LogP contribution in [0.5, 0.6) is 0 Å². The summed E-state index contributed by atoms with van der Waals surface area (Å²) in [5, 5.41) is 4.16. The van der Waals surface area contributed by atoms with E-state index in [1.165, 1.54) is 0 Å². The van der Waals surface area contributed by atoms with Gasteiger partial charge in [0.25, 0.3) is 0 Å². The Morgan fingerprint density at radius 2 is 2.12 bits per heavy atom. The lowest BCUT2D eigenvalue weighted by Crippen LogP contribution is -2.19. The summed E-state index contributed by atoms with van der Waals surface area (Å²) in [6.45, 7) is 6.76. The van der Waals surface area contributed by atoms with Gasteiger partial charge in [0.2, 0.25) is 0 Å². The zero-order valence-electron chi connectivity index (χ0n) is 10.5.